The Bertz CT molecular complexity index is 943. The van der Waals surface area contributed by atoms with Gasteiger partial charge in [0, 0.05) is 28.7 Å². The number of hydrogen-bond acceptors (Lipinski definition) is 5. The molecule has 1 aliphatic rings. The van der Waals surface area contributed by atoms with E-state index in [0.717, 1.165) is 59.0 Å². The molecule has 2 heterocycles. The molecule has 136 valence electrons. The van der Waals surface area contributed by atoms with Gasteiger partial charge in [0.2, 0.25) is 0 Å². The Morgan fingerprint density at radius 3 is 2.69 bits per heavy atom. The van der Waals surface area contributed by atoms with Gasteiger partial charge in [0.15, 0.2) is 5.65 Å². The van der Waals surface area contributed by atoms with Crippen LogP contribution in [0.15, 0.2) is 30.5 Å². The summed E-state index contributed by atoms with van der Waals surface area (Å²) in [5.74, 6) is 0.878. The third kappa shape index (κ3) is 3.34. The van der Waals surface area contributed by atoms with Crippen LogP contribution in [0.25, 0.3) is 5.65 Å². The van der Waals surface area contributed by atoms with Crippen molar-refractivity contribution >= 4 is 34.4 Å². The van der Waals surface area contributed by atoms with E-state index in [9.17, 15) is 0 Å². The fourth-order valence-electron chi connectivity index (χ4n) is 3.60. The first-order chi connectivity index (χ1) is 12.5. The lowest BCUT2D eigenvalue weighted by Crippen LogP contribution is -2.25. The zero-order valence-electron chi connectivity index (χ0n) is 14.7. The van der Waals surface area contributed by atoms with E-state index >= 15 is 0 Å². The second kappa shape index (κ2) is 6.78. The van der Waals surface area contributed by atoms with E-state index in [2.05, 4.69) is 10.4 Å². The van der Waals surface area contributed by atoms with Gasteiger partial charge in [-0.2, -0.15) is 0 Å². The number of rotatable bonds is 3. The second-order valence-corrected chi connectivity index (χ2v) is 7.52. The van der Waals surface area contributed by atoms with Crippen LogP contribution in [0.5, 0.6) is 0 Å². The molecule has 3 aromatic rings. The maximum Gasteiger partial charge on any atom is 0.177 e. The summed E-state index contributed by atoms with van der Waals surface area (Å²) in [5, 5.41) is 8.53. The monoisotopic (exact) mass is 370 g/mol. The lowest BCUT2D eigenvalue weighted by atomic mass is 9.85. The van der Waals surface area contributed by atoms with E-state index in [4.69, 9.17) is 28.1 Å². The summed E-state index contributed by atoms with van der Waals surface area (Å²) >= 11 is 6.12. The van der Waals surface area contributed by atoms with Crippen LogP contribution in [-0.4, -0.2) is 20.6 Å². The first-order valence-electron chi connectivity index (χ1n) is 8.94. The van der Waals surface area contributed by atoms with Gasteiger partial charge in [-0.3, -0.25) is 0 Å². The highest BCUT2D eigenvalue weighted by atomic mass is 35.5. The molecule has 0 bridgehead atoms. The molecule has 0 atom stereocenters. The molecule has 0 spiro atoms. The van der Waals surface area contributed by atoms with Crippen molar-refractivity contribution in [3.05, 3.63) is 46.7 Å². The Labute approximate surface area is 157 Å². The number of nitrogens with zero attached hydrogens (tertiary/aromatic N) is 3. The van der Waals surface area contributed by atoms with Crippen LogP contribution in [0.2, 0.25) is 5.02 Å². The SMILES string of the molecule is Cc1cc(Nc2cc(N)nn3cc([C@H]4CC[C@H](N)CC4)nc23)ccc1Cl. The normalized spacial score (nSPS) is 20.4. The third-order valence-corrected chi connectivity index (χ3v) is 5.51. The standard InChI is InChI=1S/C19H23ClN6/c1-11-8-14(6-7-15(11)20)23-16-9-18(22)25-26-10-17(24-19(16)26)12-2-4-13(21)5-3-12/h6-10,12-13,23H,2-5,21H2,1H3,(H2,22,25)/t12-,13-. The number of anilines is 3. The minimum atomic E-state index is 0.322. The lowest BCUT2D eigenvalue weighted by Gasteiger charge is -2.24. The van der Waals surface area contributed by atoms with Gasteiger partial charge in [-0.1, -0.05) is 11.6 Å². The van der Waals surface area contributed by atoms with Crippen molar-refractivity contribution in [3.8, 4) is 0 Å². The van der Waals surface area contributed by atoms with Gasteiger partial charge < -0.3 is 16.8 Å². The number of benzene rings is 1. The number of imidazole rings is 1. The summed E-state index contributed by atoms with van der Waals surface area (Å²) in [6.07, 6.45) is 6.22. The fourth-order valence-corrected chi connectivity index (χ4v) is 3.71. The molecule has 1 aliphatic carbocycles. The van der Waals surface area contributed by atoms with Crippen molar-refractivity contribution in [2.24, 2.45) is 5.73 Å². The number of halogens is 1. The van der Waals surface area contributed by atoms with Gasteiger partial charge in [-0.25, -0.2) is 9.50 Å². The molecular formula is C19H23ClN6. The number of nitrogen functional groups attached to an aromatic ring is 1. The second-order valence-electron chi connectivity index (χ2n) is 7.12. The van der Waals surface area contributed by atoms with Gasteiger partial charge in [0.25, 0.3) is 0 Å². The van der Waals surface area contributed by atoms with Crippen LogP contribution in [-0.2, 0) is 0 Å². The molecule has 2 aromatic heterocycles. The Balaban J connectivity index is 1.68. The molecule has 7 heteroatoms. The van der Waals surface area contributed by atoms with Crippen molar-refractivity contribution in [3.63, 3.8) is 0 Å². The molecule has 0 amide bonds. The molecule has 1 fully saturated rings. The molecule has 1 saturated carbocycles. The van der Waals surface area contributed by atoms with Crippen LogP contribution in [0.1, 0.15) is 42.9 Å². The summed E-state index contributed by atoms with van der Waals surface area (Å²) in [6, 6.07) is 7.95. The van der Waals surface area contributed by atoms with E-state index in [-0.39, 0.29) is 0 Å². The van der Waals surface area contributed by atoms with E-state index < -0.39 is 0 Å². The average molecular weight is 371 g/mol. The topological polar surface area (TPSA) is 94.3 Å². The molecule has 1 aromatic carbocycles. The van der Waals surface area contributed by atoms with Gasteiger partial charge in [0.1, 0.15) is 5.82 Å². The van der Waals surface area contributed by atoms with Crippen LogP contribution in [0.4, 0.5) is 17.2 Å². The van der Waals surface area contributed by atoms with Crippen molar-refractivity contribution in [2.75, 3.05) is 11.1 Å². The van der Waals surface area contributed by atoms with E-state index in [1.807, 2.05) is 37.4 Å². The molecule has 0 unspecified atom stereocenters. The maximum atomic E-state index is 6.12. The zero-order valence-corrected chi connectivity index (χ0v) is 15.5. The number of nitrogens with one attached hydrogen (secondary N) is 1. The van der Waals surface area contributed by atoms with E-state index in [0.29, 0.717) is 17.8 Å². The van der Waals surface area contributed by atoms with Crippen molar-refractivity contribution < 1.29 is 0 Å². The van der Waals surface area contributed by atoms with Gasteiger partial charge >= 0.3 is 0 Å². The summed E-state index contributed by atoms with van der Waals surface area (Å²) < 4.78 is 1.77. The molecule has 0 saturated heterocycles. The number of fused-ring (bicyclic) bond motifs is 1. The number of aromatic nitrogens is 3. The predicted molar refractivity (Wildman–Crippen MR) is 106 cm³/mol. The average Bonchev–Trinajstić information content (AvgIpc) is 3.03. The van der Waals surface area contributed by atoms with Crippen molar-refractivity contribution in [1.82, 2.24) is 14.6 Å². The minimum Gasteiger partial charge on any atom is -0.382 e. The Morgan fingerprint density at radius 1 is 1.19 bits per heavy atom. The van der Waals surface area contributed by atoms with Crippen LogP contribution in [0, 0.1) is 6.92 Å². The summed E-state index contributed by atoms with van der Waals surface area (Å²) in [7, 11) is 0. The minimum absolute atomic E-state index is 0.322. The van der Waals surface area contributed by atoms with E-state index in [1.54, 1.807) is 4.52 Å². The molecule has 6 nitrogen and oxygen atoms in total. The Hall–Kier alpha value is -2.31. The first-order valence-corrected chi connectivity index (χ1v) is 9.32. The summed E-state index contributed by atoms with van der Waals surface area (Å²) in [4.78, 5) is 4.85. The highest BCUT2D eigenvalue weighted by molar-refractivity contribution is 6.31. The molecule has 0 aliphatic heterocycles. The molecule has 26 heavy (non-hydrogen) atoms. The zero-order chi connectivity index (χ0) is 18.3. The highest BCUT2D eigenvalue weighted by Crippen LogP contribution is 2.33. The van der Waals surface area contributed by atoms with E-state index in [1.165, 1.54) is 0 Å². The van der Waals surface area contributed by atoms with Gasteiger partial charge in [-0.15, -0.1) is 5.10 Å². The maximum absolute atomic E-state index is 6.12. The van der Waals surface area contributed by atoms with Crippen LogP contribution >= 0.6 is 11.6 Å². The van der Waals surface area contributed by atoms with Crippen LogP contribution in [0.3, 0.4) is 0 Å². The number of nitrogens with two attached hydrogens (primary N) is 2. The summed E-state index contributed by atoms with van der Waals surface area (Å²) in [5.41, 5.74) is 16.6. The largest absolute Gasteiger partial charge is 0.382 e. The Morgan fingerprint density at radius 2 is 1.96 bits per heavy atom. The predicted octanol–water partition coefficient (Wildman–Crippen LogP) is 4.00. The van der Waals surface area contributed by atoms with Crippen molar-refractivity contribution in [1.29, 1.82) is 0 Å². The molecule has 4 rings (SSSR count). The smallest absolute Gasteiger partial charge is 0.177 e. The number of hydrogen-bond donors (Lipinski definition) is 3. The molecular weight excluding hydrogens is 348 g/mol. The molecule has 0 radical (unpaired) electrons. The summed E-state index contributed by atoms with van der Waals surface area (Å²) in [6.45, 7) is 1.98. The molecule has 5 N–H and O–H groups in total. The van der Waals surface area contributed by atoms with Gasteiger partial charge in [-0.05, 0) is 56.4 Å². The Kier molecular flexibility index (Phi) is 4.46. The van der Waals surface area contributed by atoms with Crippen LogP contribution < -0.4 is 16.8 Å². The first kappa shape index (κ1) is 17.1. The third-order valence-electron chi connectivity index (χ3n) is 5.09. The number of aryl methyl sites for hydroxylation is 1. The lowest BCUT2D eigenvalue weighted by molar-refractivity contribution is 0.391. The fraction of sp³-hybridized carbons (Fsp3) is 0.368. The van der Waals surface area contributed by atoms with Crippen molar-refractivity contribution in [2.45, 2.75) is 44.6 Å². The highest BCUT2D eigenvalue weighted by Gasteiger charge is 2.23. The van der Waals surface area contributed by atoms with Gasteiger partial charge in [0.05, 0.1) is 17.6 Å². The quantitative estimate of drug-likeness (QED) is 0.647.